The molecular weight excluding hydrogens is 394 g/mol. The molecule has 0 spiro atoms. The zero-order valence-electron chi connectivity index (χ0n) is 17.3. The normalized spacial score (nSPS) is 19.6. The zero-order valence-corrected chi connectivity index (χ0v) is 17.3. The summed E-state index contributed by atoms with van der Waals surface area (Å²) in [6, 6.07) is 21.9. The van der Waals surface area contributed by atoms with Crippen LogP contribution in [0, 0.1) is 11.3 Å². The van der Waals surface area contributed by atoms with Gasteiger partial charge in [-0.3, -0.25) is 14.8 Å². The molecule has 3 aromatic rings. The van der Waals surface area contributed by atoms with E-state index in [9.17, 15) is 9.59 Å². The summed E-state index contributed by atoms with van der Waals surface area (Å²) in [7, 11) is 0. The fourth-order valence-electron chi connectivity index (χ4n) is 4.14. The van der Waals surface area contributed by atoms with E-state index in [1.54, 1.807) is 12.4 Å². The maximum absolute atomic E-state index is 12.5. The molecule has 0 aromatic heterocycles. The van der Waals surface area contributed by atoms with E-state index in [1.807, 2.05) is 42.5 Å². The molecule has 0 bridgehead atoms. The van der Waals surface area contributed by atoms with E-state index in [0.717, 1.165) is 16.9 Å². The van der Waals surface area contributed by atoms with Crippen LogP contribution in [0.1, 0.15) is 24.5 Å². The van der Waals surface area contributed by atoms with Crippen molar-refractivity contribution in [3.05, 3.63) is 77.9 Å². The number of rotatable bonds is 8. The number of hydroxylamine groups is 1. The SMILES string of the molecule is CCOC(=O)[C@@]1(Cc2ccc(OCc3cccc4ccccc34)cc2)C[C@@H]1C(=O)NO. The molecule has 0 saturated heterocycles. The number of esters is 1. The van der Waals surface area contributed by atoms with Crippen molar-refractivity contribution in [1.82, 2.24) is 5.48 Å². The number of amides is 1. The van der Waals surface area contributed by atoms with E-state index >= 15 is 0 Å². The standard InChI is InChI=1S/C25H25NO5/c1-2-30-24(28)25(15-22(25)23(27)26-29)14-17-10-12-20(13-11-17)31-16-19-8-5-7-18-6-3-4-9-21(18)19/h3-13,22,29H,2,14-16H2,1H3,(H,26,27)/t22-,25+/m1/s1. The smallest absolute Gasteiger partial charge is 0.313 e. The number of hydrogen-bond donors (Lipinski definition) is 2. The minimum atomic E-state index is -0.922. The first-order valence-corrected chi connectivity index (χ1v) is 10.4. The summed E-state index contributed by atoms with van der Waals surface area (Å²) in [5.41, 5.74) is 2.74. The molecule has 31 heavy (non-hydrogen) atoms. The zero-order chi connectivity index (χ0) is 21.8. The van der Waals surface area contributed by atoms with E-state index in [-0.39, 0.29) is 6.61 Å². The van der Waals surface area contributed by atoms with Gasteiger partial charge >= 0.3 is 5.97 Å². The van der Waals surface area contributed by atoms with E-state index in [2.05, 4.69) is 24.3 Å². The second kappa shape index (κ2) is 8.78. The van der Waals surface area contributed by atoms with Crippen molar-refractivity contribution in [3.8, 4) is 5.75 Å². The summed E-state index contributed by atoms with van der Waals surface area (Å²) in [6.07, 6.45) is 0.727. The van der Waals surface area contributed by atoms with Gasteiger partial charge < -0.3 is 9.47 Å². The summed E-state index contributed by atoms with van der Waals surface area (Å²) >= 11 is 0. The second-order valence-electron chi connectivity index (χ2n) is 7.86. The van der Waals surface area contributed by atoms with Crippen LogP contribution >= 0.6 is 0 Å². The van der Waals surface area contributed by atoms with Gasteiger partial charge in [-0.2, -0.15) is 0 Å². The molecule has 1 amide bonds. The first-order chi connectivity index (χ1) is 15.1. The molecular formula is C25H25NO5. The number of fused-ring (bicyclic) bond motifs is 1. The lowest BCUT2D eigenvalue weighted by Gasteiger charge is -2.16. The average Bonchev–Trinajstić information content (AvgIpc) is 3.53. The average molecular weight is 419 g/mol. The number of benzene rings is 3. The minimum Gasteiger partial charge on any atom is -0.489 e. The highest BCUT2D eigenvalue weighted by molar-refractivity contribution is 5.93. The molecule has 0 unspecified atom stereocenters. The minimum absolute atomic E-state index is 0.245. The lowest BCUT2D eigenvalue weighted by molar-refractivity contribution is -0.152. The van der Waals surface area contributed by atoms with E-state index < -0.39 is 23.2 Å². The molecule has 0 aliphatic heterocycles. The molecule has 160 valence electrons. The largest absolute Gasteiger partial charge is 0.489 e. The Kier molecular flexibility index (Phi) is 5.91. The Morgan fingerprint density at radius 3 is 2.55 bits per heavy atom. The summed E-state index contributed by atoms with van der Waals surface area (Å²) in [6.45, 7) is 2.43. The Morgan fingerprint density at radius 2 is 1.81 bits per heavy atom. The van der Waals surface area contributed by atoms with Crippen molar-refractivity contribution in [2.45, 2.75) is 26.4 Å². The van der Waals surface area contributed by atoms with Crippen molar-refractivity contribution in [2.24, 2.45) is 11.3 Å². The summed E-state index contributed by atoms with van der Waals surface area (Å²) in [5, 5.41) is 11.3. The number of nitrogens with one attached hydrogen (secondary N) is 1. The third-order valence-electron chi connectivity index (χ3n) is 5.90. The molecule has 0 heterocycles. The maximum atomic E-state index is 12.5. The molecule has 6 heteroatoms. The van der Waals surface area contributed by atoms with Crippen LogP contribution in [-0.2, 0) is 27.4 Å². The van der Waals surface area contributed by atoms with Gasteiger partial charge in [-0.1, -0.05) is 54.6 Å². The number of carbonyl (C=O) groups is 2. The van der Waals surface area contributed by atoms with Crippen LogP contribution < -0.4 is 10.2 Å². The summed E-state index contributed by atoms with van der Waals surface area (Å²) < 4.78 is 11.2. The van der Waals surface area contributed by atoms with Gasteiger partial charge in [-0.05, 0) is 53.8 Å². The Bertz CT molecular complexity index is 1090. The van der Waals surface area contributed by atoms with E-state index in [0.29, 0.717) is 19.4 Å². The van der Waals surface area contributed by atoms with Crippen LogP contribution in [0.3, 0.4) is 0 Å². The fraction of sp³-hybridized carbons (Fsp3) is 0.280. The lowest BCUT2D eigenvalue weighted by Crippen LogP contribution is -2.30. The van der Waals surface area contributed by atoms with Crippen LogP contribution in [0.25, 0.3) is 10.8 Å². The Morgan fingerprint density at radius 1 is 1.06 bits per heavy atom. The van der Waals surface area contributed by atoms with Gasteiger partial charge in [-0.15, -0.1) is 0 Å². The molecule has 2 N–H and O–H groups in total. The van der Waals surface area contributed by atoms with Crippen LogP contribution in [-0.4, -0.2) is 23.7 Å². The monoisotopic (exact) mass is 419 g/mol. The van der Waals surface area contributed by atoms with E-state index in [4.69, 9.17) is 14.7 Å². The van der Waals surface area contributed by atoms with Crippen molar-refractivity contribution in [1.29, 1.82) is 0 Å². The van der Waals surface area contributed by atoms with Crippen molar-refractivity contribution < 1.29 is 24.3 Å². The third kappa shape index (κ3) is 4.25. The first kappa shape index (κ1) is 20.9. The van der Waals surface area contributed by atoms with Crippen molar-refractivity contribution in [2.75, 3.05) is 6.61 Å². The Hall–Kier alpha value is -3.38. The molecule has 1 aliphatic rings. The topological polar surface area (TPSA) is 84.9 Å². The summed E-state index contributed by atoms with van der Waals surface area (Å²) in [4.78, 5) is 24.4. The number of carbonyl (C=O) groups excluding carboxylic acids is 2. The van der Waals surface area contributed by atoms with Crippen molar-refractivity contribution in [3.63, 3.8) is 0 Å². The Labute approximate surface area is 180 Å². The predicted octanol–water partition coefficient (Wildman–Crippen LogP) is 4.04. The third-order valence-corrected chi connectivity index (χ3v) is 5.90. The van der Waals surface area contributed by atoms with Gasteiger partial charge in [0.05, 0.1) is 17.9 Å². The van der Waals surface area contributed by atoms with Gasteiger partial charge in [-0.25, -0.2) is 5.48 Å². The highest BCUT2D eigenvalue weighted by atomic mass is 16.5. The molecule has 2 atom stereocenters. The first-order valence-electron chi connectivity index (χ1n) is 10.4. The molecule has 1 fully saturated rings. The van der Waals surface area contributed by atoms with E-state index in [1.165, 1.54) is 10.8 Å². The second-order valence-corrected chi connectivity index (χ2v) is 7.86. The highest BCUT2D eigenvalue weighted by Gasteiger charge is 2.64. The molecule has 1 saturated carbocycles. The van der Waals surface area contributed by atoms with Crippen LogP contribution in [0.15, 0.2) is 66.7 Å². The molecule has 6 nitrogen and oxygen atoms in total. The molecule has 0 radical (unpaired) electrons. The van der Waals surface area contributed by atoms with Crippen molar-refractivity contribution >= 4 is 22.6 Å². The fourth-order valence-corrected chi connectivity index (χ4v) is 4.14. The maximum Gasteiger partial charge on any atom is 0.313 e. The lowest BCUT2D eigenvalue weighted by atomic mass is 9.93. The number of hydrogen-bond acceptors (Lipinski definition) is 5. The van der Waals surface area contributed by atoms with Crippen LogP contribution in [0.4, 0.5) is 0 Å². The molecule has 4 rings (SSSR count). The van der Waals surface area contributed by atoms with Gasteiger partial charge in [0, 0.05) is 0 Å². The summed E-state index contributed by atoms with van der Waals surface area (Å²) in [5.74, 6) is -0.816. The molecule has 3 aromatic carbocycles. The van der Waals surface area contributed by atoms with Gasteiger partial charge in [0.2, 0.25) is 5.91 Å². The highest BCUT2D eigenvalue weighted by Crippen LogP contribution is 2.56. The van der Waals surface area contributed by atoms with Gasteiger partial charge in [0.15, 0.2) is 0 Å². The predicted molar refractivity (Wildman–Crippen MR) is 116 cm³/mol. The Balaban J connectivity index is 1.44. The van der Waals surface area contributed by atoms with Crippen LogP contribution in [0.5, 0.6) is 5.75 Å². The quantitative estimate of drug-likeness (QED) is 0.327. The van der Waals surface area contributed by atoms with Gasteiger partial charge in [0.1, 0.15) is 12.4 Å². The molecule has 1 aliphatic carbocycles. The van der Waals surface area contributed by atoms with Gasteiger partial charge in [0.25, 0.3) is 0 Å². The number of ether oxygens (including phenoxy) is 2. The van der Waals surface area contributed by atoms with Crippen LogP contribution in [0.2, 0.25) is 0 Å².